The Hall–Kier alpha value is -4.25. The third-order valence-electron chi connectivity index (χ3n) is 6.87. The molecule has 1 amide bonds. The molecule has 0 radical (unpaired) electrons. The summed E-state index contributed by atoms with van der Waals surface area (Å²) in [5, 5.41) is 2.99. The van der Waals surface area contributed by atoms with Crippen molar-refractivity contribution in [2.75, 3.05) is 25.0 Å². The van der Waals surface area contributed by atoms with Crippen molar-refractivity contribution in [3.63, 3.8) is 0 Å². The summed E-state index contributed by atoms with van der Waals surface area (Å²) in [4.78, 5) is 36.0. The van der Waals surface area contributed by atoms with Gasteiger partial charge in [-0.15, -0.1) is 0 Å². The molecule has 39 heavy (non-hydrogen) atoms. The second-order valence-electron chi connectivity index (χ2n) is 9.74. The van der Waals surface area contributed by atoms with Crippen molar-refractivity contribution in [3.05, 3.63) is 84.2 Å². The number of aryl methyl sites for hydroxylation is 1. The number of hydrogen-bond acceptors (Lipinski definition) is 8. The summed E-state index contributed by atoms with van der Waals surface area (Å²) in [6.07, 6.45) is 2.39. The van der Waals surface area contributed by atoms with Crippen LogP contribution >= 0.6 is 0 Å². The highest BCUT2D eigenvalue weighted by molar-refractivity contribution is 7.90. The average Bonchev–Trinajstić information content (AvgIpc) is 3.55. The van der Waals surface area contributed by atoms with Crippen molar-refractivity contribution in [3.8, 4) is 0 Å². The molecule has 0 bridgehead atoms. The van der Waals surface area contributed by atoms with Crippen molar-refractivity contribution in [2.24, 2.45) is 11.8 Å². The van der Waals surface area contributed by atoms with Crippen LogP contribution in [0.5, 0.6) is 0 Å². The molecule has 0 spiro atoms. The van der Waals surface area contributed by atoms with Gasteiger partial charge in [0.15, 0.2) is 11.4 Å². The number of likely N-dealkylation sites (tertiary alicyclic amines) is 1. The van der Waals surface area contributed by atoms with E-state index < -0.39 is 16.1 Å². The van der Waals surface area contributed by atoms with E-state index >= 15 is 0 Å². The van der Waals surface area contributed by atoms with Gasteiger partial charge in [0.25, 0.3) is 10.0 Å². The Morgan fingerprint density at radius 1 is 1.05 bits per heavy atom. The van der Waals surface area contributed by atoms with E-state index in [0.29, 0.717) is 24.4 Å². The summed E-state index contributed by atoms with van der Waals surface area (Å²) in [6.45, 7) is 4.75. The van der Waals surface area contributed by atoms with Crippen molar-refractivity contribution in [2.45, 2.75) is 25.3 Å². The average molecular weight is 548 g/mol. The maximum atomic E-state index is 13.1. The molecule has 1 aliphatic heterocycles. The predicted octanol–water partition coefficient (Wildman–Crippen LogP) is 3.86. The second kappa shape index (κ2) is 10.9. The number of Topliss-reactive ketones (excluding diaryl/α,β-unsaturated/α-hetero) is 1. The van der Waals surface area contributed by atoms with Gasteiger partial charge in [0.1, 0.15) is 17.9 Å². The fourth-order valence-electron chi connectivity index (χ4n) is 4.64. The molecule has 0 unspecified atom stereocenters. The number of carbonyl (C=O) groups excluding carboxylic acids is 2. The SMILES string of the molecule is Cc1ccc(S(=O)(=O)n2ccc3nc(NCC(=O)[C@H]4CN(C(=O)OCc5ccccc5)C[C@H]4C)cnc32)cc1. The van der Waals surface area contributed by atoms with Crippen molar-refractivity contribution >= 4 is 38.9 Å². The van der Waals surface area contributed by atoms with Crippen LogP contribution in [0.3, 0.4) is 0 Å². The van der Waals surface area contributed by atoms with Gasteiger partial charge in [0.05, 0.1) is 17.6 Å². The smallest absolute Gasteiger partial charge is 0.410 e. The summed E-state index contributed by atoms with van der Waals surface area (Å²) in [5.74, 6) is -0.0502. The monoisotopic (exact) mass is 547 g/mol. The zero-order valence-corrected chi connectivity index (χ0v) is 22.5. The minimum Gasteiger partial charge on any atom is -0.445 e. The van der Waals surface area contributed by atoms with Crippen LogP contribution in [0.1, 0.15) is 18.1 Å². The van der Waals surface area contributed by atoms with Crippen LogP contribution in [0.15, 0.2) is 78.0 Å². The van der Waals surface area contributed by atoms with Gasteiger partial charge in [-0.3, -0.25) is 4.79 Å². The first-order valence-electron chi connectivity index (χ1n) is 12.6. The summed E-state index contributed by atoms with van der Waals surface area (Å²) >= 11 is 0. The molecular weight excluding hydrogens is 518 g/mol. The molecule has 0 saturated carbocycles. The van der Waals surface area contributed by atoms with Gasteiger partial charge in [0.2, 0.25) is 0 Å². The van der Waals surface area contributed by atoms with Crippen LogP contribution in [0.25, 0.3) is 11.2 Å². The van der Waals surface area contributed by atoms with Crippen LogP contribution in [-0.4, -0.2) is 58.8 Å². The normalized spacial score (nSPS) is 17.3. The summed E-state index contributed by atoms with van der Waals surface area (Å²) in [6, 6.07) is 17.6. The van der Waals surface area contributed by atoms with Crippen LogP contribution in [0.2, 0.25) is 0 Å². The highest BCUT2D eigenvalue weighted by Gasteiger charge is 2.37. The molecule has 2 aromatic heterocycles. The lowest BCUT2D eigenvalue weighted by molar-refractivity contribution is -0.121. The molecule has 2 aromatic carbocycles. The first-order chi connectivity index (χ1) is 18.7. The number of carbonyl (C=O) groups is 2. The first kappa shape index (κ1) is 26.4. The quantitative estimate of drug-likeness (QED) is 0.353. The number of fused-ring (bicyclic) bond motifs is 1. The number of nitrogens with one attached hydrogen (secondary N) is 1. The molecule has 10 nitrogen and oxygen atoms in total. The maximum absolute atomic E-state index is 13.1. The molecule has 11 heteroatoms. The molecule has 1 aliphatic rings. The van der Waals surface area contributed by atoms with Gasteiger partial charge in [-0.1, -0.05) is 55.0 Å². The number of aromatic nitrogens is 3. The Balaban J connectivity index is 1.19. The van der Waals surface area contributed by atoms with Gasteiger partial charge in [0, 0.05) is 25.2 Å². The Morgan fingerprint density at radius 2 is 1.79 bits per heavy atom. The molecule has 1 N–H and O–H groups in total. The number of ether oxygens (including phenoxy) is 1. The van der Waals surface area contributed by atoms with Crippen molar-refractivity contribution < 1.29 is 22.7 Å². The zero-order chi connectivity index (χ0) is 27.6. The van der Waals surface area contributed by atoms with E-state index in [1.165, 1.54) is 12.4 Å². The number of nitrogens with zero attached hydrogens (tertiary/aromatic N) is 4. The Kier molecular flexibility index (Phi) is 7.34. The molecule has 4 aromatic rings. The second-order valence-corrected chi connectivity index (χ2v) is 11.6. The largest absolute Gasteiger partial charge is 0.445 e. The van der Waals surface area contributed by atoms with Gasteiger partial charge < -0.3 is 15.0 Å². The third-order valence-corrected chi connectivity index (χ3v) is 8.55. The maximum Gasteiger partial charge on any atom is 0.410 e. The molecule has 1 fully saturated rings. The van der Waals surface area contributed by atoms with Gasteiger partial charge in [-0.2, -0.15) is 0 Å². The fraction of sp³-hybridized carbons (Fsp3) is 0.286. The van der Waals surface area contributed by atoms with Gasteiger partial charge in [-0.25, -0.2) is 27.2 Å². The predicted molar refractivity (Wildman–Crippen MR) is 146 cm³/mol. The lowest BCUT2D eigenvalue weighted by atomic mass is 9.93. The standard InChI is InChI=1S/C28H29N5O5S/c1-19-8-10-22(11-9-19)39(36,37)33-13-12-24-27(33)30-15-26(31-24)29-14-25(34)23-17-32(16-20(23)2)28(35)38-18-21-6-4-3-5-7-21/h3-13,15,20,23H,14,16-18H2,1-2H3,(H,29,31)/t20-,23+/m1/s1. The number of ketones is 1. The molecule has 0 aliphatic carbocycles. The van der Waals surface area contributed by atoms with E-state index in [9.17, 15) is 18.0 Å². The van der Waals surface area contributed by atoms with E-state index in [1.807, 2.05) is 44.2 Å². The molecule has 1 saturated heterocycles. The first-order valence-corrected chi connectivity index (χ1v) is 14.0. The van der Waals surface area contributed by atoms with Crippen LogP contribution in [0, 0.1) is 18.8 Å². The Morgan fingerprint density at radius 3 is 2.54 bits per heavy atom. The minimum atomic E-state index is -3.83. The zero-order valence-electron chi connectivity index (χ0n) is 21.6. The number of anilines is 1. The summed E-state index contributed by atoms with van der Waals surface area (Å²) in [7, 11) is -3.83. The number of rotatable bonds is 8. The third kappa shape index (κ3) is 5.63. The summed E-state index contributed by atoms with van der Waals surface area (Å²) < 4.78 is 32.7. The van der Waals surface area contributed by atoms with E-state index in [0.717, 1.165) is 15.1 Å². The minimum absolute atomic E-state index is 0.00443. The highest BCUT2D eigenvalue weighted by atomic mass is 32.2. The van der Waals surface area contributed by atoms with Crippen molar-refractivity contribution in [1.82, 2.24) is 18.8 Å². The molecule has 5 rings (SSSR count). The van der Waals surface area contributed by atoms with Crippen molar-refractivity contribution in [1.29, 1.82) is 0 Å². The number of amides is 1. The van der Waals surface area contributed by atoms with Crippen LogP contribution in [-0.2, 0) is 26.2 Å². The lowest BCUT2D eigenvalue weighted by Crippen LogP contribution is -2.31. The Bertz CT molecular complexity index is 1600. The number of hydrogen-bond donors (Lipinski definition) is 1. The van der Waals surface area contributed by atoms with E-state index in [1.54, 1.807) is 35.2 Å². The van der Waals surface area contributed by atoms with Gasteiger partial charge >= 0.3 is 6.09 Å². The Labute approximate surface area is 226 Å². The summed E-state index contributed by atoms with van der Waals surface area (Å²) in [5.41, 5.74) is 2.43. The van der Waals surface area contributed by atoms with E-state index in [-0.39, 0.29) is 41.3 Å². The van der Waals surface area contributed by atoms with Crippen LogP contribution in [0.4, 0.5) is 10.6 Å². The van der Waals surface area contributed by atoms with Gasteiger partial charge in [-0.05, 0) is 36.6 Å². The van der Waals surface area contributed by atoms with E-state index in [2.05, 4.69) is 15.3 Å². The van der Waals surface area contributed by atoms with E-state index in [4.69, 9.17) is 4.74 Å². The lowest BCUT2D eigenvalue weighted by Gasteiger charge is -2.16. The van der Waals surface area contributed by atoms with Crippen LogP contribution < -0.4 is 5.32 Å². The highest BCUT2D eigenvalue weighted by Crippen LogP contribution is 2.25. The fourth-order valence-corrected chi connectivity index (χ4v) is 5.94. The molecule has 3 heterocycles. The molecular formula is C28H29N5O5S. The number of benzene rings is 2. The topological polar surface area (TPSA) is 123 Å². The molecule has 2 atom stereocenters. The molecule has 202 valence electrons.